The summed E-state index contributed by atoms with van der Waals surface area (Å²) in [4.78, 5) is 7.23. The van der Waals surface area contributed by atoms with E-state index in [1.54, 1.807) is 0 Å². The first-order valence-electron chi connectivity index (χ1n) is 10.7. The van der Waals surface area contributed by atoms with E-state index in [1.165, 1.54) is 25.9 Å². The summed E-state index contributed by atoms with van der Waals surface area (Å²) in [6, 6.07) is 6.36. The molecule has 0 unspecified atom stereocenters. The minimum Gasteiger partial charge on any atom is -0.492 e. The summed E-state index contributed by atoms with van der Waals surface area (Å²) in [5, 5.41) is 16.1. The number of nitrogens with zero attached hydrogens (tertiary/aromatic N) is 5. The van der Waals surface area contributed by atoms with Gasteiger partial charge in [-0.3, -0.25) is 5.10 Å². The highest BCUT2D eigenvalue weighted by Gasteiger charge is 2.39. The second kappa shape index (κ2) is 6.70. The molecule has 1 spiro atoms. The maximum atomic E-state index is 5.78. The molecular weight excluding hydrogens is 378 g/mol. The number of rotatable bonds is 4. The summed E-state index contributed by atoms with van der Waals surface area (Å²) in [7, 11) is 0. The van der Waals surface area contributed by atoms with Crippen LogP contribution in [0.2, 0.25) is 0 Å². The number of aromatic amines is 1. The first-order valence-corrected chi connectivity index (χ1v) is 10.7. The van der Waals surface area contributed by atoms with Gasteiger partial charge in [0.1, 0.15) is 11.6 Å². The van der Waals surface area contributed by atoms with Gasteiger partial charge in [0.2, 0.25) is 0 Å². The Kier molecular flexibility index (Phi) is 3.95. The van der Waals surface area contributed by atoms with E-state index in [1.807, 2.05) is 30.0 Å². The number of H-pyrrole nitrogens is 1. The number of fused-ring (bicyclic) bond motifs is 3. The molecule has 8 nitrogen and oxygen atoms in total. The molecule has 0 atom stereocenters. The van der Waals surface area contributed by atoms with Gasteiger partial charge in [-0.2, -0.15) is 5.10 Å². The van der Waals surface area contributed by atoms with Gasteiger partial charge in [0.05, 0.1) is 29.9 Å². The van der Waals surface area contributed by atoms with Gasteiger partial charge in [0.15, 0.2) is 5.65 Å². The molecule has 8 heteroatoms. The van der Waals surface area contributed by atoms with Crippen molar-refractivity contribution in [1.29, 1.82) is 0 Å². The summed E-state index contributed by atoms with van der Waals surface area (Å²) in [5.41, 5.74) is 4.41. The highest BCUT2D eigenvalue weighted by molar-refractivity contribution is 6.00. The number of hydrogen-bond acceptors (Lipinski definition) is 6. The Labute approximate surface area is 174 Å². The van der Waals surface area contributed by atoms with Crippen molar-refractivity contribution >= 4 is 22.4 Å². The van der Waals surface area contributed by atoms with Crippen LogP contribution in [0, 0.1) is 5.41 Å². The minimum atomic E-state index is 0.541. The van der Waals surface area contributed by atoms with Gasteiger partial charge in [-0.25, -0.2) is 9.50 Å². The third-order valence-corrected chi connectivity index (χ3v) is 6.62. The van der Waals surface area contributed by atoms with E-state index in [0.29, 0.717) is 12.0 Å². The molecule has 0 amide bonds. The summed E-state index contributed by atoms with van der Waals surface area (Å²) in [6.45, 7) is 7.10. The molecule has 6 heterocycles. The summed E-state index contributed by atoms with van der Waals surface area (Å²) in [5.74, 6) is 1.84. The fourth-order valence-electron chi connectivity index (χ4n) is 4.78. The van der Waals surface area contributed by atoms with Crippen molar-refractivity contribution in [2.45, 2.75) is 19.8 Å². The van der Waals surface area contributed by atoms with Crippen LogP contribution in [-0.2, 0) is 0 Å². The summed E-state index contributed by atoms with van der Waals surface area (Å²) < 4.78 is 7.65. The lowest BCUT2D eigenvalue weighted by molar-refractivity contribution is 0.126. The van der Waals surface area contributed by atoms with Gasteiger partial charge in [-0.05, 0) is 43.4 Å². The molecule has 0 bridgehead atoms. The Bertz CT molecular complexity index is 1200. The highest BCUT2D eigenvalue weighted by atomic mass is 16.5. The van der Waals surface area contributed by atoms with Gasteiger partial charge < -0.3 is 15.0 Å². The Hall–Kier alpha value is -3.13. The average molecular weight is 403 g/mol. The molecular formula is C22H25N7O. The Morgan fingerprint density at radius 2 is 2.03 bits per heavy atom. The van der Waals surface area contributed by atoms with Crippen LogP contribution in [0.15, 0.2) is 36.8 Å². The zero-order chi connectivity index (χ0) is 20.1. The van der Waals surface area contributed by atoms with Crippen LogP contribution < -0.4 is 15.0 Å². The van der Waals surface area contributed by atoms with Gasteiger partial charge in [0.25, 0.3) is 0 Å². The van der Waals surface area contributed by atoms with E-state index in [4.69, 9.17) is 9.72 Å². The summed E-state index contributed by atoms with van der Waals surface area (Å²) in [6.07, 6.45) is 8.19. The number of pyridine rings is 2. The molecule has 154 valence electrons. The average Bonchev–Trinajstić information content (AvgIpc) is 3.34. The molecule has 2 aliphatic heterocycles. The number of anilines is 1. The largest absolute Gasteiger partial charge is 0.492 e. The molecule has 2 N–H and O–H groups in total. The number of aromatic nitrogens is 5. The summed E-state index contributed by atoms with van der Waals surface area (Å²) >= 11 is 0. The zero-order valence-corrected chi connectivity index (χ0v) is 17.1. The number of piperidine rings is 1. The lowest BCUT2D eigenvalue weighted by Gasteiger charge is -2.48. The quantitative estimate of drug-likeness (QED) is 0.545. The van der Waals surface area contributed by atoms with Crippen molar-refractivity contribution < 1.29 is 4.74 Å². The third kappa shape index (κ3) is 2.74. The highest BCUT2D eigenvalue weighted by Crippen LogP contribution is 2.37. The lowest BCUT2D eigenvalue weighted by Crippen LogP contribution is -2.58. The molecule has 2 fully saturated rings. The molecule has 30 heavy (non-hydrogen) atoms. The van der Waals surface area contributed by atoms with Crippen molar-refractivity contribution in [3.05, 3.63) is 36.8 Å². The Morgan fingerprint density at radius 1 is 1.17 bits per heavy atom. The maximum absolute atomic E-state index is 5.78. The first-order chi connectivity index (χ1) is 14.7. The zero-order valence-electron chi connectivity index (χ0n) is 17.1. The topological polar surface area (TPSA) is 83.4 Å². The molecule has 6 rings (SSSR count). The number of ether oxygens (including phenoxy) is 1. The first kappa shape index (κ1) is 17.7. The third-order valence-electron chi connectivity index (χ3n) is 6.62. The van der Waals surface area contributed by atoms with Crippen LogP contribution >= 0.6 is 0 Å². The fraction of sp³-hybridized carbons (Fsp3) is 0.409. The molecule has 2 saturated heterocycles. The molecule has 4 aromatic heterocycles. The Balaban J connectivity index is 1.35. The van der Waals surface area contributed by atoms with E-state index < -0.39 is 0 Å². The second-order valence-electron chi connectivity index (χ2n) is 8.44. The number of hydrogen-bond donors (Lipinski definition) is 2. The predicted octanol–water partition coefficient (Wildman–Crippen LogP) is 2.86. The second-order valence-corrected chi connectivity index (χ2v) is 8.44. The van der Waals surface area contributed by atoms with Crippen molar-refractivity contribution in [2.75, 3.05) is 37.7 Å². The lowest BCUT2D eigenvalue weighted by atomic mass is 9.73. The van der Waals surface area contributed by atoms with Crippen molar-refractivity contribution in [1.82, 2.24) is 30.1 Å². The van der Waals surface area contributed by atoms with Crippen LogP contribution in [0.4, 0.5) is 5.82 Å². The number of nitrogens with one attached hydrogen (secondary N) is 2. The molecule has 0 aromatic carbocycles. The van der Waals surface area contributed by atoms with Crippen LogP contribution in [-0.4, -0.2) is 57.6 Å². The molecule has 2 aliphatic rings. The molecule has 4 aromatic rings. The monoisotopic (exact) mass is 403 g/mol. The van der Waals surface area contributed by atoms with E-state index in [0.717, 1.165) is 52.3 Å². The van der Waals surface area contributed by atoms with Gasteiger partial charge >= 0.3 is 0 Å². The van der Waals surface area contributed by atoms with E-state index in [2.05, 4.69) is 43.7 Å². The van der Waals surface area contributed by atoms with Gasteiger partial charge in [-0.1, -0.05) is 0 Å². The predicted molar refractivity (Wildman–Crippen MR) is 116 cm³/mol. The smallest absolute Gasteiger partial charge is 0.178 e. The van der Waals surface area contributed by atoms with Crippen molar-refractivity contribution in [3.8, 4) is 16.9 Å². The molecule has 0 radical (unpaired) electrons. The van der Waals surface area contributed by atoms with Gasteiger partial charge in [0, 0.05) is 43.5 Å². The van der Waals surface area contributed by atoms with E-state index >= 15 is 0 Å². The van der Waals surface area contributed by atoms with E-state index in [-0.39, 0.29) is 0 Å². The normalized spacial score (nSPS) is 18.2. The van der Waals surface area contributed by atoms with Crippen LogP contribution in [0.3, 0.4) is 0 Å². The Morgan fingerprint density at radius 3 is 2.73 bits per heavy atom. The standard InChI is InChI=1S/C22H25N7O/c1-2-30-16-9-17(20-18-11-25-26-21(18)27-29(20)12-16)15-3-4-19(24-10-15)28-7-5-22(6-8-28)13-23-14-22/h3-4,9-12,23H,2,5-8,13-14H2,1H3,(H,26,27). The maximum Gasteiger partial charge on any atom is 0.178 e. The van der Waals surface area contributed by atoms with Crippen LogP contribution in [0.5, 0.6) is 5.75 Å². The van der Waals surface area contributed by atoms with Crippen LogP contribution in [0.25, 0.3) is 27.7 Å². The molecule has 0 aliphatic carbocycles. The van der Waals surface area contributed by atoms with Crippen LogP contribution in [0.1, 0.15) is 19.8 Å². The van der Waals surface area contributed by atoms with Crippen molar-refractivity contribution in [2.24, 2.45) is 5.41 Å². The van der Waals surface area contributed by atoms with Crippen molar-refractivity contribution in [3.63, 3.8) is 0 Å². The van der Waals surface area contributed by atoms with Gasteiger partial charge in [-0.15, -0.1) is 5.10 Å². The minimum absolute atomic E-state index is 0.541. The fourth-order valence-corrected chi connectivity index (χ4v) is 4.78. The SMILES string of the molecule is CCOc1cc(-c2ccc(N3CCC4(CC3)CNC4)nc2)c2c3cn[nH]c3nn2c1. The van der Waals surface area contributed by atoms with E-state index in [9.17, 15) is 0 Å². The molecule has 0 saturated carbocycles.